The van der Waals surface area contributed by atoms with E-state index in [4.69, 9.17) is 18.9 Å². The third-order valence-corrected chi connectivity index (χ3v) is 3.14. The number of aromatic nitrogens is 1. The van der Waals surface area contributed by atoms with Crippen molar-refractivity contribution in [3.8, 4) is 17.2 Å². The van der Waals surface area contributed by atoms with E-state index in [1.165, 1.54) is 0 Å². The van der Waals surface area contributed by atoms with Crippen LogP contribution in [0.25, 0.3) is 0 Å². The van der Waals surface area contributed by atoms with Gasteiger partial charge < -0.3 is 18.9 Å². The van der Waals surface area contributed by atoms with E-state index in [1.807, 2.05) is 0 Å². The largest absolute Gasteiger partial charge is 0.497 e. The third kappa shape index (κ3) is 5.15. The van der Waals surface area contributed by atoms with E-state index in [-0.39, 0.29) is 13.2 Å². The minimum Gasteiger partial charge on any atom is -0.497 e. The van der Waals surface area contributed by atoms with E-state index in [1.54, 1.807) is 69.7 Å². The molecule has 0 fully saturated rings. The number of pyridine rings is 1. The lowest BCUT2D eigenvalue weighted by Gasteiger charge is -2.24. The van der Waals surface area contributed by atoms with E-state index in [2.05, 4.69) is 4.98 Å². The first-order chi connectivity index (χ1) is 11.5. The molecule has 0 aliphatic carbocycles. The molecule has 1 aromatic carbocycles. The molecule has 2 aromatic rings. The zero-order valence-electron chi connectivity index (χ0n) is 14.0. The Balaban J connectivity index is 1.78. The summed E-state index contributed by atoms with van der Waals surface area (Å²) < 4.78 is 21.4. The molecule has 0 atom stereocenters. The normalized spacial score (nSPS) is 10.8. The van der Waals surface area contributed by atoms with Gasteiger partial charge in [0, 0.05) is 6.20 Å². The first-order valence-corrected chi connectivity index (χ1v) is 7.54. The van der Waals surface area contributed by atoms with Crippen LogP contribution in [0.4, 0.5) is 0 Å². The fourth-order valence-corrected chi connectivity index (χ4v) is 1.88. The molecule has 6 heteroatoms. The lowest BCUT2D eigenvalue weighted by molar-refractivity contribution is -0.160. The van der Waals surface area contributed by atoms with Gasteiger partial charge >= 0.3 is 5.97 Å². The van der Waals surface area contributed by atoms with Crippen LogP contribution in [0.5, 0.6) is 17.2 Å². The summed E-state index contributed by atoms with van der Waals surface area (Å²) in [6.45, 7) is 3.68. The molecule has 0 amide bonds. The van der Waals surface area contributed by atoms with Gasteiger partial charge in [-0.1, -0.05) is 0 Å². The molecule has 0 bridgehead atoms. The van der Waals surface area contributed by atoms with E-state index >= 15 is 0 Å². The number of rotatable bonds is 8. The summed E-state index contributed by atoms with van der Waals surface area (Å²) in [7, 11) is 1.59. The van der Waals surface area contributed by atoms with Crippen LogP contribution in [0.2, 0.25) is 0 Å². The summed E-state index contributed by atoms with van der Waals surface area (Å²) >= 11 is 0. The van der Waals surface area contributed by atoms with Crippen LogP contribution in [-0.4, -0.2) is 36.9 Å². The van der Waals surface area contributed by atoms with Crippen LogP contribution >= 0.6 is 0 Å². The number of hydrogen-bond acceptors (Lipinski definition) is 6. The number of ether oxygens (including phenoxy) is 4. The van der Waals surface area contributed by atoms with Crippen LogP contribution in [0.1, 0.15) is 13.8 Å². The predicted octanol–water partition coefficient (Wildman–Crippen LogP) is 2.87. The molecule has 6 nitrogen and oxygen atoms in total. The topological polar surface area (TPSA) is 66.9 Å². The van der Waals surface area contributed by atoms with Crippen molar-refractivity contribution in [2.24, 2.45) is 0 Å². The highest BCUT2D eigenvalue weighted by Gasteiger charge is 2.31. The summed E-state index contributed by atoms with van der Waals surface area (Å²) in [6.07, 6.45) is 3.25. The van der Waals surface area contributed by atoms with Gasteiger partial charge in [0.05, 0.1) is 13.3 Å². The zero-order chi connectivity index (χ0) is 17.4. The summed E-state index contributed by atoms with van der Waals surface area (Å²) in [5, 5.41) is 0. The van der Waals surface area contributed by atoms with Crippen molar-refractivity contribution in [2.75, 3.05) is 20.3 Å². The first-order valence-electron chi connectivity index (χ1n) is 7.54. The highest BCUT2D eigenvalue weighted by atomic mass is 16.6. The SMILES string of the molecule is COc1ccc(OC(C)(C)C(=O)OCCOc2cccnc2)cc1. The highest BCUT2D eigenvalue weighted by Crippen LogP contribution is 2.22. The van der Waals surface area contributed by atoms with Gasteiger partial charge in [-0.2, -0.15) is 0 Å². The van der Waals surface area contributed by atoms with Crippen LogP contribution < -0.4 is 14.2 Å². The lowest BCUT2D eigenvalue weighted by atomic mass is 10.1. The highest BCUT2D eigenvalue weighted by molar-refractivity contribution is 5.79. The van der Waals surface area contributed by atoms with E-state index in [0.29, 0.717) is 11.5 Å². The Morgan fingerprint density at radius 3 is 2.38 bits per heavy atom. The molecule has 0 unspecified atom stereocenters. The van der Waals surface area contributed by atoms with Crippen LogP contribution in [0.15, 0.2) is 48.8 Å². The van der Waals surface area contributed by atoms with Gasteiger partial charge in [-0.05, 0) is 50.2 Å². The maximum absolute atomic E-state index is 12.2. The molecule has 0 N–H and O–H groups in total. The number of methoxy groups -OCH3 is 1. The first kappa shape index (κ1) is 17.6. The smallest absolute Gasteiger partial charge is 0.350 e. The fourth-order valence-electron chi connectivity index (χ4n) is 1.88. The number of esters is 1. The van der Waals surface area contributed by atoms with Gasteiger partial charge in [0.1, 0.15) is 30.5 Å². The Kier molecular flexibility index (Phi) is 6.01. The second kappa shape index (κ2) is 8.19. The monoisotopic (exact) mass is 331 g/mol. The van der Waals surface area contributed by atoms with Crippen molar-refractivity contribution < 1.29 is 23.7 Å². The Bertz CT molecular complexity index is 640. The molecule has 0 saturated heterocycles. The second-order valence-corrected chi connectivity index (χ2v) is 5.46. The van der Waals surface area contributed by atoms with Crippen molar-refractivity contribution in [3.05, 3.63) is 48.8 Å². The maximum Gasteiger partial charge on any atom is 0.350 e. The number of carbonyl (C=O) groups excluding carboxylic acids is 1. The predicted molar refractivity (Wildman–Crippen MR) is 88.4 cm³/mol. The summed E-state index contributed by atoms with van der Waals surface area (Å²) in [4.78, 5) is 16.1. The molecule has 2 rings (SSSR count). The van der Waals surface area contributed by atoms with Crippen molar-refractivity contribution >= 4 is 5.97 Å². The lowest BCUT2D eigenvalue weighted by Crippen LogP contribution is -2.40. The third-order valence-electron chi connectivity index (χ3n) is 3.14. The number of benzene rings is 1. The molecular weight excluding hydrogens is 310 g/mol. The Morgan fingerprint density at radius 1 is 1.04 bits per heavy atom. The van der Waals surface area contributed by atoms with Gasteiger partial charge in [-0.15, -0.1) is 0 Å². The van der Waals surface area contributed by atoms with Crippen molar-refractivity contribution in [3.63, 3.8) is 0 Å². The molecule has 1 aromatic heterocycles. The average molecular weight is 331 g/mol. The second-order valence-electron chi connectivity index (χ2n) is 5.46. The maximum atomic E-state index is 12.2. The molecule has 0 aliphatic heterocycles. The van der Waals surface area contributed by atoms with Gasteiger partial charge in [0.25, 0.3) is 0 Å². The summed E-state index contributed by atoms with van der Waals surface area (Å²) in [5.74, 6) is 1.44. The van der Waals surface area contributed by atoms with Gasteiger partial charge in [-0.25, -0.2) is 4.79 Å². The molecule has 0 spiro atoms. The van der Waals surface area contributed by atoms with Crippen LogP contribution in [0, 0.1) is 0 Å². The van der Waals surface area contributed by atoms with E-state index < -0.39 is 11.6 Å². The average Bonchev–Trinajstić information content (AvgIpc) is 2.59. The molecule has 1 heterocycles. The number of nitrogens with zero attached hydrogens (tertiary/aromatic N) is 1. The Labute approximate surface area is 141 Å². The number of hydrogen-bond donors (Lipinski definition) is 0. The minimum atomic E-state index is -1.11. The summed E-state index contributed by atoms with van der Waals surface area (Å²) in [5.41, 5.74) is -1.11. The van der Waals surface area contributed by atoms with E-state index in [0.717, 1.165) is 5.75 Å². The zero-order valence-corrected chi connectivity index (χ0v) is 14.0. The molecular formula is C18H21NO5. The van der Waals surface area contributed by atoms with E-state index in [9.17, 15) is 4.79 Å². The van der Waals surface area contributed by atoms with Gasteiger partial charge in [-0.3, -0.25) is 4.98 Å². The van der Waals surface area contributed by atoms with Crippen molar-refractivity contribution in [1.29, 1.82) is 0 Å². The van der Waals surface area contributed by atoms with Crippen LogP contribution in [0.3, 0.4) is 0 Å². The Hall–Kier alpha value is -2.76. The molecule has 0 aliphatic rings. The number of carbonyl (C=O) groups is 1. The van der Waals surface area contributed by atoms with Crippen molar-refractivity contribution in [1.82, 2.24) is 4.98 Å². The van der Waals surface area contributed by atoms with Gasteiger partial charge in [0.2, 0.25) is 0 Å². The minimum absolute atomic E-state index is 0.128. The molecule has 128 valence electrons. The fraction of sp³-hybridized carbons (Fsp3) is 0.333. The Morgan fingerprint density at radius 2 is 1.75 bits per heavy atom. The standard InChI is InChI=1S/C18H21NO5/c1-18(2,24-15-8-6-14(21-3)7-9-15)17(20)23-12-11-22-16-5-4-10-19-13-16/h4-10,13H,11-12H2,1-3H3. The quantitative estimate of drug-likeness (QED) is 0.547. The molecule has 0 saturated carbocycles. The molecule has 0 radical (unpaired) electrons. The van der Waals surface area contributed by atoms with Crippen LogP contribution in [-0.2, 0) is 9.53 Å². The molecule has 24 heavy (non-hydrogen) atoms. The summed E-state index contributed by atoms with van der Waals surface area (Å²) in [6, 6.07) is 10.6. The van der Waals surface area contributed by atoms with Crippen molar-refractivity contribution in [2.45, 2.75) is 19.4 Å². The van der Waals surface area contributed by atoms with Gasteiger partial charge in [0.15, 0.2) is 5.60 Å².